The zero-order valence-corrected chi connectivity index (χ0v) is 18.9. The lowest BCUT2D eigenvalue weighted by Crippen LogP contribution is -2.40. The third kappa shape index (κ3) is 4.11. The van der Waals surface area contributed by atoms with Crippen LogP contribution in [-0.4, -0.2) is 50.2 Å². The smallest absolute Gasteiger partial charge is 0.257 e. The van der Waals surface area contributed by atoms with Crippen molar-refractivity contribution >= 4 is 11.7 Å². The lowest BCUT2D eigenvalue weighted by molar-refractivity contribution is 0.0704. The second-order valence-electron chi connectivity index (χ2n) is 8.97. The Morgan fingerprint density at radius 1 is 1.12 bits per heavy atom. The Kier molecular flexibility index (Phi) is 5.64. The predicted molar refractivity (Wildman–Crippen MR) is 124 cm³/mol. The van der Waals surface area contributed by atoms with Crippen LogP contribution in [0.4, 0.5) is 5.82 Å². The van der Waals surface area contributed by atoms with Crippen LogP contribution in [0.5, 0.6) is 0 Å². The third-order valence-electron chi connectivity index (χ3n) is 6.61. The highest BCUT2D eigenvalue weighted by Crippen LogP contribution is 2.32. The molecule has 2 aromatic heterocycles. The van der Waals surface area contributed by atoms with E-state index in [4.69, 9.17) is 9.97 Å². The predicted octanol–water partition coefficient (Wildman–Crippen LogP) is 3.49. The molecule has 1 fully saturated rings. The van der Waals surface area contributed by atoms with Crippen molar-refractivity contribution < 1.29 is 4.79 Å². The summed E-state index contributed by atoms with van der Waals surface area (Å²) in [5.41, 5.74) is 4.29. The van der Waals surface area contributed by atoms with Gasteiger partial charge in [0.15, 0.2) is 0 Å². The van der Waals surface area contributed by atoms with Crippen LogP contribution in [0.25, 0.3) is 0 Å². The highest BCUT2D eigenvalue weighted by atomic mass is 16.2. The Hall–Kier alpha value is -3.22. The van der Waals surface area contributed by atoms with Crippen LogP contribution in [0.15, 0.2) is 42.7 Å². The van der Waals surface area contributed by atoms with Crippen LogP contribution in [-0.2, 0) is 20.0 Å². The summed E-state index contributed by atoms with van der Waals surface area (Å²) in [5.74, 6) is 2.17. The van der Waals surface area contributed by atoms with E-state index in [0.29, 0.717) is 12.1 Å². The van der Waals surface area contributed by atoms with E-state index in [2.05, 4.69) is 47.3 Å². The minimum Gasteiger partial charge on any atom is -0.352 e. The van der Waals surface area contributed by atoms with Gasteiger partial charge in [0.05, 0.1) is 11.8 Å². The summed E-state index contributed by atoms with van der Waals surface area (Å²) in [6.45, 7) is 5.41. The lowest BCUT2D eigenvalue weighted by atomic mass is 9.95. The molecule has 3 aromatic rings. The minimum absolute atomic E-state index is 0.0446. The zero-order chi connectivity index (χ0) is 22.1. The van der Waals surface area contributed by atoms with E-state index in [1.807, 2.05) is 11.9 Å². The topological polar surface area (TPSA) is 67.2 Å². The summed E-state index contributed by atoms with van der Waals surface area (Å²) in [6, 6.07) is 10.6. The van der Waals surface area contributed by atoms with Crippen molar-refractivity contribution in [3.8, 4) is 0 Å². The van der Waals surface area contributed by atoms with Crippen LogP contribution < -0.4 is 4.90 Å². The summed E-state index contributed by atoms with van der Waals surface area (Å²) < 4.78 is 1.67. The number of piperidine rings is 1. The van der Waals surface area contributed by atoms with E-state index in [1.165, 1.54) is 11.1 Å². The van der Waals surface area contributed by atoms with Gasteiger partial charge in [-0.1, -0.05) is 30.3 Å². The minimum atomic E-state index is 0.0446. The molecule has 0 N–H and O–H groups in total. The molecular weight excluding hydrogens is 400 g/mol. The molecule has 2 aliphatic heterocycles. The molecule has 1 amide bonds. The van der Waals surface area contributed by atoms with Crippen LogP contribution in [0, 0.1) is 6.92 Å². The lowest BCUT2D eigenvalue weighted by Gasteiger charge is -2.34. The number of carbonyl (C=O) groups is 1. The quantitative estimate of drug-likeness (QED) is 0.634. The molecule has 0 saturated carbocycles. The molecule has 0 radical (unpaired) electrons. The molecule has 166 valence electrons. The number of fused-ring (bicyclic) bond motifs is 1. The Labute approximate surface area is 189 Å². The summed E-state index contributed by atoms with van der Waals surface area (Å²) in [5, 5.41) is 4.15. The average molecular weight is 431 g/mol. The van der Waals surface area contributed by atoms with E-state index in [-0.39, 0.29) is 11.8 Å². The van der Waals surface area contributed by atoms with Crippen molar-refractivity contribution in [1.29, 1.82) is 0 Å². The maximum atomic E-state index is 13.0. The van der Waals surface area contributed by atoms with Crippen LogP contribution in [0.3, 0.4) is 0 Å². The molecule has 7 nitrogen and oxygen atoms in total. The van der Waals surface area contributed by atoms with Gasteiger partial charge in [0.1, 0.15) is 11.6 Å². The van der Waals surface area contributed by atoms with Crippen molar-refractivity contribution in [3.63, 3.8) is 0 Å². The SMILES string of the molecule is Cc1nc([C@H]2CCCN(C(=O)c3cnn(C)c3)C2)nc2c1CCCN2Cc1ccccc1. The standard InChI is InChI=1S/C25H30N6O/c1-18-22-11-7-12-30(15-19-8-4-3-5-9-19)24(22)28-23(27-18)20-10-6-13-31(17-20)25(32)21-14-26-29(2)16-21/h3-5,8-9,14,16,20H,6-7,10-13,15,17H2,1-2H3/t20-/m0/s1. The molecule has 0 aliphatic carbocycles. The fourth-order valence-corrected chi connectivity index (χ4v) is 4.94. The number of amides is 1. The highest BCUT2D eigenvalue weighted by molar-refractivity contribution is 5.93. The third-order valence-corrected chi connectivity index (χ3v) is 6.61. The van der Waals surface area contributed by atoms with Gasteiger partial charge in [-0.05, 0) is 38.2 Å². The molecule has 5 rings (SSSR count). The molecule has 4 heterocycles. The normalized spacial score (nSPS) is 18.5. The molecule has 1 atom stereocenters. The maximum absolute atomic E-state index is 13.0. The van der Waals surface area contributed by atoms with Gasteiger partial charge in [0, 0.05) is 56.6 Å². The second-order valence-corrected chi connectivity index (χ2v) is 8.97. The number of nitrogens with zero attached hydrogens (tertiary/aromatic N) is 6. The van der Waals surface area contributed by atoms with Crippen molar-refractivity contribution in [2.75, 3.05) is 24.5 Å². The van der Waals surface area contributed by atoms with Gasteiger partial charge in [-0.15, -0.1) is 0 Å². The van der Waals surface area contributed by atoms with E-state index >= 15 is 0 Å². The second kappa shape index (κ2) is 8.73. The van der Waals surface area contributed by atoms with Crippen molar-refractivity contribution in [2.24, 2.45) is 7.05 Å². The Balaban J connectivity index is 1.39. The number of benzene rings is 1. The number of carbonyl (C=O) groups excluding carboxylic acids is 1. The molecule has 0 spiro atoms. The fraction of sp³-hybridized carbons (Fsp3) is 0.440. The number of aromatic nitrogens is 4. The summed E-state index contributed by atoms with van der Waals surface area (Å²) >= 11 is 0. The molecule has 32 heavy (non-hydrogen) atoms. The first-order valence-corrected chi connectivity index (χ1v) is 11.5. The summed E-state index contributed by atoms with van der Waals surface area (Å²) in [6.07, 6.45) is 7.56. The first-order chi connectivity index (χ1) is 15.6. The Morgan fingerprint density at radius 3 is 2.75 bits per heavy atom. The van der Waals surface area contributed by atoms with Crippen molar-refractivity contribution in [3.05, 3.63) is 70.9 Å². The van der Waals surface area contributed by atoms with Gasteiger partial charge >= 0.3 is 0 Å². The molecule has 7 heteroatoms. The molecule has 0 bridgehead atoms. The molecule has 0 unspecified atom stereocenters. The number of hydrogen-bond acceptors (Lipinski definition) is 5. The van der Waals surface area contributed by atoms with Gasteiger partial charge in [0.25, 0.3) is 5.91 Å². The van der Waals surface area contributed by atoms with E-state index in [1.54, 1.807) is 17.1 Å². The first kappa shape index (κ1) is 20.7. The van der Waals surface area contributed by atoms with Gasteiger partial charge in [0.2, 0.25) is 0 Å². The Morgan fingerprint density at radius 2 is 1.97 bits per heavy atom. The number of hydrogen-bond donors (Lipinski definition) is 0. The van der Waals surface area contributed by atoms with E-state index < -0.39 is 0 Å². The molecule has 2 aliphatic rings. The first-order valence-electron chi connectivity index (χ1n) is 11.5. The maximum Gasteiger partial charge on any atom is 0.257 e. The van der Waals surface area contributed by atoms with Gasteiger partial charge in [-0.2, -0.15) is 5.10 Å². The molecule has 1 aromatic carbocycles. The van der Waals surface area contributed by atoms with Crippen LogP contribution in [0.2, 0.25) is 0 Å². The van der Waals surface area contributed by atoms with Gasteiger partial charge in [-0.25, -0.2) is 9.97 Å². The number of anilines is 1. The summed E-state index contributed by atoms with van der Waals surface area (Å²) in [4.78, 5) is 27.3. The number of aryl methyl sites for hydroxylation is 2. The largest absolute Gasteiger partial charge is 0.352 e. The molecule has 1 saturated heterocycles. The van der Waals surface area contributed by atoms with Crippen LogP contribution in [0.1, 0.15) is 58.2 Å². The van der Waals surface area contributed by atoms with E-state index in [9.17, 15) is 4.79 Å². The Bertz CT molecular complexity index is 1110. The number of rotatable bonds is 4. The average Bonchev–Trinajstić information content (AvgIpc) is 3.26. The summed E-state index contributed by atoms with van der Waals surface area (Å²) in [7, 11) is 1.83. The van der Waals surface area contributed by atoms with Gasteiger partial charge in [-0.3, -0.25) is 9.48 Å². The van der Waals surface area contributed by atoms with E-state index in [0.717, 1.165) is 62.7 Å². The fourth-order valence-electron chi connectivity index (χ4n) is 4.94. The van der Waals surface area contributed by atoms with Crippen LogP contribution >= 0.6 is 0 Å². The molecular formula is C25H30N6O. The van der Waals surface area contributed by atoms with Crippen molar-refractivity contribution in [1.82, 2.24) is 24.6 Å². The van der Waals surface area contributed by atoms with Crippen molar-refractivity contribution in [2.45, 2.75) is 45.1 Å². The zero-order valence-electron chi connectivity index (χ0n) is 18.9. The van der Waals surface area contributed by atoms with Gasteiger partial charge < -0.3 is 9.80 Å². The highest BCUT2D eigenvalue weighted by Gasteiger charge is 2.30. The number of likely N-dealkylation sites (tertiary alicyclic amines) is 1. The monoisotopic (exact) mass is 430 g/mol.